The molecule has 2 rings (SSSR count). The Kier molecular flexibility index (Phi) is 16.4. The van der Waals surface area contributed by atoms with Gasteiger partial charge in [-0.3, -0.25) is 0 Å². The average molecular weight is 487 g/mol. The molecule has 2 heteroatoms. The van der Waals surface area contributed by atoms with Gasteiger partial charge >= 0.3 is 95.2 Å². The molecule has 0 saturated carbocycles. The molecule has 0 aliphatic rings. The number of hydrogen-bond donors (Lipinski definition) is 0. The molecule has 0 fully saturated rings. The fourth-order valence-electron chi connectivity index (χ4n) is 2.99. The molecule has 0 aliphatic heterocycles. The van der Waals surface area contributed by atoms with Crippen LogP contribution in [0.3, 0.4) is 0 Å². The molecule has 1 nitrogen and oxygen atoms in total. The van der Waals surface area contributed by atoms with Crippen LogP contribution in [-0.2, 0) is 18.0 Å². The van der Waals surface area contributed by atoms with E-state index in [0.29, 0.717) is 13.2 Å². The Bertz CT molecular complexity index is 516. The van der Waals surface area contributed by atoms with Crippen molar-refractivity contribution in [2.75, 3.05) is 0 Å². The molecule has 0 saturated heterocycles. The first-order chi connectivity index (χ1) is 13.8. The minimum absolute atomic E-state index is 0.0553. The number of ether oxygens (including phenoxy) is 1. The van der Waals surface area contributed by atoms with Crippen LogP contribution in [0.25, 0.3) is 0 Å². The summed E-state index contributed by atoms with van der Waals surface area (Å²) in [7, 11) is 0. The zero-order chi connectivity index (χ0) is 20.3. The van der Waals surface area contributed by atoms with Gasteiger partial charge in [0.15, 0.2) is 0 Å². The van der Waals surface area contributed by atoms with Crippen molar-refractivity contribution in [3.63, 3.8) is 0 Å². The summed E-state index contributed by atoms with van der Waals surface area (Å²) in [4.78, 5) is 0. The summed E-state index contributed by atoms with van der Waals surface area (Å²) in [6.45, 7) is 8.35. The summed E-state index contributed by atoms with van der Waals surface area (Å²) in [5, 5.41) is 0. The van der Waals surface area contributed by atoms with Gasteiger partial charge in [0, 0.05) is 0 Å². The van der Waals surface area contributed by atoms with Crippen LogP contribution in [0.5, 0.6) is 0 Å². The SMILES string of the molecule is CCC[CH2][Sn][CH2]C(CC)CCCC.c1ccc(COCc2ccccc2)cc1. The average Bonchev–Trinajstić information content (AvgIpc) is 2.75. The Morgan fingerprint density at radius 2 is 1.29 bits per heavy atom. The third-order valence-electron chi connectivity index (χ3n) is 4.91. The molecule has 0 aromatic heterocycles. The summed E-state index contributed by atoms with van der Waals surface area (Å²) < 4.78 is 8.89. The van der Waals surface area contributed by atoms with E-state index in [2.05, 4.69) is 45.0 Å². The molecule has 2 aromatic carbocycles. The second kappa shape index (κ2) is 18.2. The van der Waals surface area contributed by atoms with Crippen LogP contribution < -0.4 is 0 Å². The molecule has 1 atom stereocenters. The van der Waals surface area contributed by atoms with E-state index in [1.165, 1.54) is 49.7 Å². The van der Waals surface area contributed by atoms with Crippen LogP contribution in [0.4, 0.5) is 0 Å². The van der Waals surface area contributed by atoms with Gasteiger partial charge in [-0.2, -0.15) is 0 Å². The maximum absolute atomic E-state index is 5.61. The predicted octanol–water partition coefficient (Wildman–Crippen LogP) is 7.95. The molecule has 0 amide bonds. The third-order valence-corrected chi connectivity index (χ3v) is 9.40. The van der Waals surface area contributed by atoms with Crippen molar-refractivity contribution in [1.82, 2.24) is 0 Å². The summed E-state index contributed by atoms with van der Waals surface area (Å²) in [6.07, 6.45) is 8.72. The maximum atomic E-state index is 5.61. The van der Waals surface area contributed by atoms with Gasteiger partial charge in [-0.1, -0.05) is 60.7 Å². The van der Waals surface area contributed by atoms with Gasteiger partial charge < -0.3 is 4.74 Å². The van der Waals surface area contributed by atoms with E-state index in [0.717, 1.165) is 5.92 Å². The number of hydrogen-bond acceptors (Lipinski definition) is 1. The molecule has 28 heavy (non-hydrogen) atoms. The fraction of sp³-hybridized carbons (Fsp3) is 0.538. The van der Waals surface area contributed by atoms with Crippen molar-refractivity contribution in [2.45, 2.75) is 81.4 Å². The Labute approximate surface area is 184 Å². The first kappa shape index (κ1) is 25.2. The van der Waals surface area contributed by atoms with E-state index in [9.17, 15) is 0 Å². The van der Waals surface area contributed by atoms with Gasteiger partial charge in [0.25, 0.3) is 0 Å². The van der Waals surface area contributed by atoms with Crippen LogP contribution in [0.2, 0.25) is 8.87 Å². The first-order valence-electron chi connectivity index (χ1n) is 11.2. The summed E-state index contributed by atoms with van der Waals surface area (Å²) in [5.41, 5.74) is 2.43. The van der Waals surface area contributed by atoms with Gasteiger partial charge in [0.2, 0.25) is 0 Å². The quantitative estimate of drug-likeness (QED) is 0.206. The number of benzene rings is 2. The first-order valence-corrected chi connectivity index (χ1v) is 15.2. The molecule has 0 N–H and O–H groups in total. The Balaban J connectivity index is 0.000000284. The van der Waals surface area contributed by atoms with Crippen LogP contribution in [0, 0.1) is 5.92 Å². The minimum Gasteiger partial charge on any atom is -0.372 e. The van der Waals surface area contributed by atoms with E-state index in [-0.39, 0.29) is 21.1 Å². The van der Waals surface area contributed by atoms with Crippen molar-refractivity contribution in [3.8, 4) is 0 Å². The standard InChI is InChI=1S/C14H14O.C8H17.C4H9.Sn/c1-3-7-13(8-4-1)11-15-12-14-9-5-2-6-10-14;1-4-6-7-8(3)5-2;1-3-4-2;/h1-10H,11-12H2;8H,3-7H2,1-2H3;1,3-4H2,2H3;. The molecule has 0 heterocycles. The van der Waals surface area contributed by atoms with Crippen molar-refractivity contribution in [3.05, 3.63) is 71.8 Å². The topological polar surface area (TPSA) is 9.23 Å². The monoisotopic (exact) mass is 488 g/mol. The van der Waals surface area contributed by atoms with Gasteiger partial charge in [-0.05, 0) is 11.1 Å². The molecular formula is C26H40OSn. The third kappa shape index (κ3) is 13.4. The van der Waals surface area contributed by atoms with Crippen LogP contribution in [0.15, 0.2) is 60.7 Å². The van der Waals surface area contributed by atoms with Gasteiger partial charge in [0.1, 0.15) is 0 Å². The smallest absolute Gasteiger partial charge is 0.0721 e. The second-order valence-electron chi connectivity index (χ2n) is 7.44. The van der Waals surface area contributed by atoms with Crippen molar-refractivity contribution in [1.29, 1.82) is 0 Å². The molecule has 1 unspecified atom stereocenters. The van der Waals surface area contributed by atoms with E-state index in [1.807, 2.05) is 36.4 Å². The van der Waals surface area contributed by atoms with E-state index >= 15 is 0 Å². The molecule has 0 bridgehead atoms. The Morgan fingerprint density at radius 1 is 0.750 bits per heavy atom. The van der Waals surface area contributed by atoms with E-state index < -0.39 is 0 Å². The van der Waals surface area contributed by atoms with E-state index in [4.69, 9.17) is 4.74 Å². The molecule has 2 aromatic rings. The number of unbranched alkanes of at least 4 members (excludes halogenated alkanes) is 2. The normalized spacial score (nSPS) is 11.5. The Hall–Kier alpha value is -0.801. The van der Waals surface area contributed by atoms with Crippen molar-refractivity contribution in [2.24, 2.45) is 5.92 Å². The summed E-state index contributed by atoms with van der Waals surface area (Å²) in [5.74, 6) is 1.10. The largest absolute Gasteiger partial charge is 0.372 e. The summed E-state index contributed by atoms with van der Waals surface area (Å²) in [6, 6.07) is 20.4. The zero-order valence-electron chi connectivity index (χ0n) is 18.3. The molecule has 154 valence electrons. The molecule has 0 spiro atoms. The predicted molar refractivity (Wildman–Crippen MR) is 125 cm³/mol. The van der Waals surface area contributed by atoms with Crippen LogP contribution >= 0.6 is 0 Å². The van der Waals surface area contributed by atoms with Gasteiger partial charge in [0.05, 0.1) is 13.2 Å². The van der Waals surface area contributed by atoms with Crippen LogP contribution in [0.1, 0.15) is 70.4 Å². The van der Waals surface area contributed by atoms with Crippen molar-refractivity contribution < 1.29 is 4.74 Å². The molecule has 2 radical (unpaired) electrons. The Morgan fingerprint density at radius 3 is 1.75 bits per heavy atom. The minimum atomic E-state index is 0.0553. The van der Waals surface area contributed by atoms with E-state index in [1.54, 1.807) is 8.87 Å². The number of rotatable bonds is 13. The fourth-order valence-corrected chi connectivity index (χ4v) is 7.86. The zero-order valence-corrected chi connectivity index (χ0v) is 21.2. The molecule has 0 aliphatic carbocycles. The maximum Gasteiger partial charge on any atom is 0.0721 e. The molecular weight excluding hydrogens is 447 g/mol. The van der Waals surface area contributed by atoms with Crippen LogP contribution in [-0.4, -0.2) is 21.1 Å². The second-order valence-corrected chi connectivity index (χ2v) is 11.5. The van der Waals surface area contributed by atoms with Gasteiger partial charge in [-0.25, -0.2) is 0 Å². The van der Waals surface area contributed by atoms with Gasteiger partial charge in [-0.15, -0.1) is 0 Å². The summed E-state index contributed by atoms with van der Waals surface area (Å²) >= 11 is 0.0553. The van der Waals surface area contributed by atoms with Crippen molar-refractivity contribution >= 4 is 21.1 Å².